The van der Waals surface area contributed by atoms with Gasteiger partial charge in [0.15, 0.2) is 0 Å². The van der Waals surface area contributed by atoms with E-state index in [4.69, 9.17) is 0 Å². The highest BCUT2D eigenvalue weighted by Crippen LogP contribution is 2.18. The van der Waals surface area contributed by atoms with E-state index in [1.54, 1.807) is 0 Å². The molecule has 0 fully saturated rings. The first-order valence-electron chi connectivity index (χ1n) is 6.82. The van der Waals surface area contributed by atoms with Crippen LogP contribution in [0.15, 0.2) is 12.1 Å². The van der Waals surface area contributed by atoms with E-state index >= 15 is 0 Å². The average molecular weight is 233 g/mol. The summed E-state index contributed by atoms with van der Waals surface area (Å²) in [4.78, 5) is 0. The molecule has 1 aromatic rings. The summed E-state index contributed by atoms with van der Waals surface area (Å²) >= 11 is 0. The normalized spacial score (nSPS) is 12.8. The van der Waals surface area contributed by atoms with E-state index in [9.17, 15) is 0 Å². The summed E-state index contributed by atoms with van der Waals surface area (Å²) in [5.41, 5.74) is 5.77. The lowest BCUT2D eigenvalue weighted by atomic mass is 9.94. The Hall–Kier alpha value is -0.820. The Labute approximate surface area is 107 Å². The van der Waals surface area contributed by atoms with Crippen LogP contribution in [0.4, 0.5) is 0 Å². The van der Waals surface area contributed by atoms with Gasteiger partial charge in [0.1, 0.15) is 0 Å². The number of nitrogens with one attached hydrogen (secondary N) is 1. The van der Waals surface area contributed by atoms with Crippen LogP contribution in [-0.2, 0) is 6.42 Å². The van der Waals surface area contributed by atoms with E-state index in [2.05, 4.69) is 52.1 Å². The van der Waals surface area contributed by atoms with Gasteiger partial charge in [0.05, 0.1) is 0 Å². The standard InChI is InChI=1S/C16H27N/c1-6-7-17-11-12(2)8-16-10-14(4)13(3)9-15(16)5/h9-10,12,17H,6-8,11H2,1-5H3. The van der Waals surface area contributed by atoms with Crippen LogP contribution in [0.25, 0.3) is 0 Å². The molecule has 0 bridgehead atoms. The Morgan fingerprint density at radius 1 is 1.06 bits per heavy atom. The van der Waals surface area contributed by atoms with Gasteiger partial charge in [0.25, 0.3) is 0 Å². The van der Waals surface area contributed by atoms with E-state index < -0.39 is 0 Å². The fraction of sp³-hybridized carbons (Fsp3) is 0.625. The molecule has 0 amide bonds. The smallest absolute Gasteiger partial charge is 0.00200 e. The molecular weight excluding hydrogens is 206 g/mol. The van der Waals surface area contributed by atoms with Gasteiger partial charge in [-0.15, -0.1) is 0 Å². The van der Waals surface area contributed by atoms with E-state index in [0.717, 1.165) is 13.1 Å². The topological polar surface area (TPSA) is 12.0 Å². The maximum absolute atomic E-state index is 3.50. The van der Waals surface area contributed by atoms with Crippen molar-refractivity contribution >= 4 is 0 Å². The van der Waals surface area contributed by atoms with Crippen LogP contribution in [0.2, 0.25) is 0 Å². The Morgan fingerprint density at radius 3 is 2.35 bits per heavy atom. The van der Waals surface area contributed by atoms with Crippen LogP contribution >= 0.6 is 0 Å². The number of benzene rings is 1. The summed E-state index contributed by atoms with van der Waals surface area (Å²) in [5.74, 6) is 0.711. The molecule has 0 radical (unpaired) electrons. The average Bonchev–Trinajstić information content (AvgIpc) is 2.26. The van der Waals surface area contributed by atoms with Gasteiger partial charge in [-0.1, -0.05) is 26.0 Å². The lowest BCUT2D eigenvalue weighted by molar-refractivity contribution is 0.510. The molecule has 1 heteroatoms. The Bertz CT molecular complexity index is 355. The van der Waals surface area contributed by atoms with Crippen molar-refractivity contribution in [2.45, 2.75) is 47.5 Å². The molecule has 0 saturated carbocycles. The van der Waals surface area contributed by atoms with E-state index in [1.807, 2.05) is 0 Å². The van der Waals surface area contributed by atoms with Gasteiger partial charge in [-0.2, -0.15) is 0 Å². The summed E-state index contributed by atoms with van der Waals surface area (Å²) in [6, 6.07) is 4.68. The van der Waals surface area contributed by atoms with Crippen LogP contribution in [0.3, 0.4) is 0 Å². The lowest BCUT2D eigenvalue weighted by Gasteiger charge is -2.15. The molecular formula is C16H27N. The molecule has 0 aliphatic carbocycles. The summed E-state index contributed by atoms with van der Waals surface area (Å²) in [5, 5.41) is 3.50. The van der Waals surface area contributed by atoms with Crippen LogP contribution in [0.5, 0.6) is 0 Å². The molecule has 1 unspecified atom stereocenters. The summed E-state index contributed by atoms with van der Waals surface area (Å²) in [7, 11) is 0. The van der Waals surface area contributed by atoms with Gasteiger partial charge in [0, 0.05) is 0 Å². The van der Waals surface area contributed by atoms with Crippen molar-refractivity contribution < 1.29 is 0 Å². The Balaban J connectivity index is 2.58. The summed E-state index contributed by atoms with van der Waals surface area (Å²) in [6.07, 6.45) is 2.40. The zero-order chi connectivity index (χ0) is 12.8. The van der Waals surface area contributed by atoms with Crippen molar-refractivity contribution in [1.82, 2.24) is 5.32 Å². The number of aryl methyl sites for hydroxylation is 3. The maximum atomic E-state index is 3.50. The molecule has 1 rings (SSSR count). The molecule has 0 aromatic heterocycles. The predicted molar refractivity (Wildman–Crippen MR) is 76.7 cm³/mol. The second kappa shape index (κ2) is 6.80. The molecule has 0 aliphatic rings. The molecule has 0 aliphatic heterocycles. The molecule has 1 atom stereocenters. The fourth-order valence-corrected chi connectivity index (χ4v) is 2.21. The van der Waals surface area contributed by atoms with Crippen LogP contribution in [-0.4, -0.2) is 13.1 Å². The minimum atomic E-state index is 0.711. The molecule has 96 valence electrons. The van der Waals surface area contributed by atoms with Crippen molar-refractivity contribution in [2.24, 2.45) is 5.92 Å². The van der Waals surface area contributed by atoms with Gasteiger partial charge in [-0.3, -0.25) is 0 Å². The largest absolute Gasteiger partial charge is 0.316 e. The molecule has 1 nitrogen and oxygen atoms in total. The Morgan fingerprint density at radius 2 is 1.71 bits per heavy atom. The third kappa shape index (κ3) is 4.51. The quantitative estimate of drug-likeness (QED) is 0.737. The van der Waals surface area contributed by atoms with Crippen LogP contribution in [0, 0.1) is 26.7 Å². The highest BCUT2D eigenvalue weighted by Gasteiger charge is 2.07. The summed E-state index contributed by atoms with van der Waals surface area (Å²) < 4.78 is 0. The molecule has 1 aromatic carbocycles. The first-order chi connectivity index (χ1) is 8.04. The first kappa shape index (κ1) is 14.2. The van der Waals surface area contributed by atoms with Crippen molar-refractivity contribution in [1.29, 1.82) is 0 Å². The van der Waals surface area contributed by atoms with Crippen molar-refractivity contribution in [2.75, 3.05) is 13.1 Å². The van der Waals surface area contributed by atoms with Crippen molar-refractivity contribution in [3.63, 3.8) is 0 Å². The number of hydrogen-bond acceptors (Lipinski definition) is 1. The van der Waals surface area contributed by atoms with Crippen LogP contribution < -0.4 is 5.32 Å². The second-order valence-corrected chi connectivity index (χ2v) is 5.38. The van der Waals surface area contributed by atoms with Gasteiger partial charge in [-0.05, 0) is 74.9 Å². The summed E-state index contributed by atoms with van der Waals surface area (Å²) in [6.45, 7) is 13.4. The minimum absolute atomic E-state index is 0.711. The zero-order valence-electron chi connectivity index (χ0n) is 12.1. The number of rotatable bonds is 6. The molecule has 1 N–H and O–H groups in total. The fourth-order valence-electron chi connectivity index (χ4n) is 2.21. The van der Waals surface area contributed by atoms with Gasteiger partial charge in [0.2, 0.25) is 0 Å². The second-order valence-electron chi connectivity index (χ2n) is 5.38. The van der Waals surface area contributed by atoms with Gasteiger partial charge >= 0.3 is 0 Å². The van der Waals surface area contributed by atoms with E-state index in [0.29, 0.717) is 5.92 Å². The lowest BCUT2D eigenvalue weighted by Crippen LogP contribution is -2.23. The van der Waals surface area contributed by atoms with Gasteiger partial charge in [-0.25, -0.2) is 0 Å². The molecule has 17 heavy (non-hydrogen) atoms. The third-order valence-electron chi connectivity index (χ3n) is 3.44. The monoisotopic (exact) mass is 233 g/mol. The van der Waals surface area contributed by atoms with E-state index in [-0.39, 0.29) is 0 Å². The third-order valence-corrected chi connectivity index (χ3v) is 3.44. The SMILES string of the molecule is CCCNCC(C)Cc1cc(C)c(C)cc1C. The highest BCUT2D eigenvalue weighted by molar-refractivity contribution is 5.36. The molecule has 0 heterocycles. The van der Waals surface area contributed by atoms with E-state index in [1.165, 1.54) is 35.1 Å². The van der Waals surface area contributed by atoms with Gasteiger partial charge < -0.3 is 5.32 Å². The van der Waals surface area contributed by atoms with Crippen molar-refractivity contribution in [3.8, 4) is 0 Å². The van der Waals surface area contributed by atoms with Crippen LogP contribution in [0.1, 0.15) is 42.5 Å². The number of hydrogen-bond donors (Lipinski definition) is 1. The molecule has 0 spiro atoms. The first-order valence-corrected chi connectivity index (χ1v) is 6.82. The predicted octanol–water partition coefficient (Wildman–Crippen LogP) is 3.79. The maximum Gasteiger partial charge on any atom is -0.00200 e. The zero-order valence-corrected chi connectivity index (χ0v) is 12.1. The minimum Gasteiger partial charge on any atom is -0.316 e. The molecule has 0 saturated heterocycles. The Kier molecular flexibility index (Phi) is 5.70. The van der Waals surface area contributed by atoms with Crippen molar-refractivity contribution in [3.05, 3.63) is 34.4 Å². The highest BCUT2D eigenvalue weighted by atomic mass is 14.8.